The van der Waals surface area contributed by atoms with Crippen molar-refractivity contribution in [2.24, 2.45) is 5.41 Å². The standard InChI is InChI=1S/C13H20N2O2.ClH/c1-13(2,3)8-9-6-10(17-15-9)7-12(16)11-4-5-14-11;/h6,11,14H,4-5,7-8H2,1-3H3;1H/t11-;/m0./s1. The first-order valence-corrected chi connectivity index (χ1v) is 6.15. The minimum absolute atomic E-state index is 0. The summed E-state index contributed by atoms with van der Waals surface area (Å²) >= 11 is 0. The van der Waals surface area contributed by atoms with Crippen LogP contribution in [0.15, 0.2) is 10.6 Å². The van der Waals surface area contributed by atoms with Crippen molar-refractivity contribution in [1.29, 1.82) is 0 Å². The zero-order valence-corrected chi connectivity index (χ0v) is 12.0. The SMILES string of the molecule is CC(C)(C)Cc1cc(CC(=O)[C@@H]2CCN2)on1.Cl. The number of carbonyl (C=O) groups excluding carboxylic acids is 1. The minimum Gasteiger partial charge on any atom is -0.361 e. The van der Waals surface area contributed by atoms with Gasteiger partial charge >= 0.3 is 0 Å². The molecule has 2 rings (SSSR count). The Bertz CT molecular complexity index is 405. The molecule has 1 fully saturated rings. The van der Waals surface area contributed by atoms with Crippen LogP contribution in [0.4, 0.5) is 0 Å². The lowest BCUT2D eigenvalue weighted by Crippen LogP contribution is -2.49. The molecule has 1 atom stereocenters. The van der Waals surface area contributed by atoms with E-state index in [-0.39, 0.29) is 29.6 Å². The van der Waals surface area contributed by atoms with Crippen molar-refractivity contribution in [2.75, 3.05) is 6.54 Å². The van der Waals surface area contributed by atoms with Gasteiger partial charge < -0.3 is 9.84 Å². The van der Waals surface area contributed by atoms with Crippen LogP contribution < -0.4 is 5.32 Å². The molecular weight excluding hydrogens is 252 g/mol. The van der Waals surface area contributed by atoms with Crippen LogP contribution in [0.5, 0.6) is 0 Å². The summed E-state index contributed by atoms with van der Waals surface area (Å²) in [6, 6.07) is 1.94. The summed E-state index contributed by atoms with van der Waals surface area (Å²) in [6.45, 7) is 7.42. The number of nitrogens with one attached hydrogen (secondary N) is 1. The van der Waals surface area contributed by atoms with E-state index < -0.39 is 0 Å². The van der Waals surface area contributed by atoms with Gasteiger partial charge in [0, 0.05) is 6.07 Å². The van der Waals surface area contributed by atoms with Gasteiger partial charge in [-0.25, -0.2) is 0 Å². The summed E-state index contributed by atoms with van der Waals surface area (Å²) in [7, 11) is 0. The first kappa shape index (κ1) is 15.2. The van der Waals surface area contributed by atoms with Crippen LogP contribution in [0.25, 0.3) is 0 Å². The summed E-state index contributed by atoms with van der Waals surface area (Å²) < 4.78 is 5.20. The maximum absolute atomic E-state index is 11.7. The van der Waals surface area contributed by atoms with Crippen LogP contribution in [0.2, 0.25) is 0 Å². The fraction of sp³-hybridized carbons (Fsp3) is 0.692. The van der Waals surface area contributed by atoms with Crippen LogP contribution in [0.1, 0.15) is 38.6 Å². The molecule has 0 aliphatic carbocycles. The summed E-state index contributed by atoms with van der Waals surface area (Å²) in [4.78, 5) is 11.7. The van der Waals surface area contributed by atoms with Crippen molar-refractivity contribution >= 4 is 18.2 Å². The Morgan fingerprint density at radius 1 is 1.56 bits per heavy atom. The third kappa shape index (κ3) is 4.10. The summed E-state index contributed by atoms with van der Waals surface area (Å²) in [5.41, 5.74) is 1.12. The van der Waals surface area contributed by atoms with E-state index >= 15 is 0 Å². The number of hydrogen-bond donors (Lipinski definition) is 1. The highest BCUT2D eigenvalue weighted by Crippen LogP contribution is 2.20. The predicted molar refractivity (Wildman–Crippen MR) is 72.0 cm³/mol. The van der Waals surface area contributed by atoms with Crippen LogP contribution in [0, 0.1) is 5.41 Å². The molecule has 2 heterocycles. The fourth-order valence-corrected chi connectivity index (χ4v) is 1.92. The predicted octanol–water partition coefficient (Wildman–Crippen LogP) is 2.16. The average molecular weight is 273 g/mol. The molecular formula is C13H21ClN2O2. The summed E-state index contributed by atoms with van der Waals surface area (Å²) in [5, 5.41) is 7.11. The Hall–Kier alpha value is -0.870. The second-order valence-corrected chi connectivity index (χ2v) is 5.96. The molecule has 1 aliphatic heterocycles. The van der Waals surface area contributed by atoms with Gasteiger partial charge in [0.05, 0.1) is 18.2 Å². The summed E-state index contributed by atoms with van der Waals surface area (Å²) in [5.74, 6) is 0.887. The monoisotopic (exact) mass is 272 g/mol. The van der Waals surface area contributed by atoms with Crippen LogP contribution in [0.3, 0.4) is 0 Å². The molecule has 0 saturated carbocycles. The first-order valence-electron chi connectivity index (χ1n) is 6.15. The third-order valence-electron chi connectivity index (χ3n) is 2.88. The van der Waals surface area contributed by atoms with E-state index in [4.69, 9.17) is 4.52 Å². The van der Waals surface area contributed by atoms with Gasteiger partial charge in [0.15, 0.2) is 5.78 Å². The smallest absolute Gasteiger partial charge is 0.157 e. The Kier molecular flexibility index (Phi) is 4.93. The van der Waals surface area contributed by atoms with Crippen LogP contribution in [-0.4, -0.2) is 23.5 Å². The van der Waals surface area contributed by atoms with Crippen molar-refractivity contribution in [2.45, 2.75) is 46.1 Å². The quantitative estimate of drug-likeness (QED) is 0.913. The second kappa shape index (κ2) is 5.85. The molecule has 0 bridgehead atoms. The largest absolute Gasteiger partial charge is 0.361 e. The zero-order valence-electron chi connectivity index (χ0n) is 11.2. The zero-order chi connectivity index (χ0) is 12.5. The van der Waals surface area contributed by atoms with Crippen molar-refractivity contribution in [1.82, 2.24) is 10.5 Å². The highest BCUT2D eigenvalue weighted by molar-refractivity contribution is 5.86. The topological polar surface area (TPSA) is 55.1 Å². The van der Waals surface area contributed by atoms with E-state index in [2.05, 4.69) is 31.2 Å². The van der Waals surface area contributed by atoms with E-state index in [0.29, 0.717) is 12.2 Å². The van der Waals surface area contributed by atoms with Gasteiger partial charge in [0.2, 0.25) is 0 Å². The third-order valence-corrected chi connectivity index (χ3v) is 2.88. The maximum atomic E-state index is 11.7. The van der Waals surface area contributed by atoms with E-state index in [9.17, 15) is 4.79 Å². The van der Waals surface area contributed by atoms with Gasteiger partial charge in [-0.1, -0.05) is 25.9 Å². The molecule has 0 radical (unpaired) electrons. The molecule has 1 aromatic rings. The molecule has 102 valence electrons. The van der Waals surface area contributed by atoms with E-state index in [1.54, 1.807) is 0 Å². The van der Waals surface area contributed by atoms with E-state index in [0.717, 1.165) is 25.1 Å². The van der Waals surface area contributed by atoms with Gasteiger partial charge in [0.25, 0.3) is 0 Å². The lowest BCUT2D eigenvalue weighted by molar-refractivity contribution is -0.122. The van der Waals surface area contributed by atoms with Crippen LogP contribution in [-0.2, 0) is 17.6 Å². The molecule has 0 spiro atoms. The molecule has 0 amide bonds. The number of ketones is 1. The van der Waals surface area contributed by atoms with Crippen molar-refractivity contribution in [3.05, 3.63) is 17.5 Å². The van der Waals surface area contributed by atoms with Gasteiger partial charge in [-0.3, -0.25) is 4.79 Å². The Morgan fingerprint density at radius 3 is 2.72 bits per heavy atom. The lowest BCUT2D eigenvalue weighted by Gasteiger charge is -2.25. The Labute approximate surface area is 114 Å². The molecule has 5 heteroatoms. The lowest BCUT2D eigenvalue weighted by atomic mass is 9.90. The molecule has 18 heavy (non-hydrogen) atoms. The number of nitrogens with zero attached hydrogens (tertiary/aromatic N) is 1. The van der Waals surface area contributed by atoms with Crippen molar-refractivity contribution in [3.63, 3.8) is 0 Å². The normalized spacial score (nSPS) is 18.9. The Morgan fingerprint density at radius 2 is 2.22 bits per heavy atom. The van der Waals surface area contributed by atoms with Gasteiger partial charge in [-0.15, -0.1) is 12.4 Å². The van der Waals surface area contributed by atoms with Crippen LogP contribution >= 0.6 is 12.4 Å². The highest BCUT2D eigenvalue weighted by Gasteiger charge is 2.25. The van der Waals surface area contributed by atoms with Gasteiger partial charge in [0.1, 0.15) is 5.76 Å². The van der Waals surface area contributed by atoms with E-state index in [1.807, 2.05) is 6.07 Å². The number of hydrogen-bond acceptors (Lipinski definition) is 4. The molecule has 4 nitrogen and oxygen atoms in total. The van der Waals surface area contributed by atoms with Gasteiger partial charge in [-0.2, -0.15) is 0 Å². The van der Waals surface area contributed by atoms with Crippen molar-refractivity contribution < 1.29 is 9.32 Å². The number of carbonyl (C=O) groups is 1. The second-order valence-electron chi connectivity index (χ2n) is 5.96. The average Bonchev–Trinajstić information content (AvgIpc) is 2.45. The molecule has 1 aromatic heterocycles. The molecule has 0 unspecified atom stereocenters. The fourth-order valence-electron chi connectivity index (χ4n) is 1.92. The maximum Gasteiger partial charge on any atom is 0.157 e. The number of Topliss-reactive ketones (excluding diaryl/α,β-unsaturated/α-hetero) is 1. The molecule has 0 aromatic carbocycles. The minimum atomic E-state index is 0. The number of halogens is 1. The van der Waals surface area contributed by atoms with E-state index in [1.165, 1.54) is 0 Å². The van der Waals surface area contributed by atoms with Gasteiger partial charge in [-0.05, 0) is 24.8 Å². The first-order chi connectivity index (χ1) is 7.94. The summed E-state index contributed by atoms with van der Waals surface area (Å²) in [6.07, 6.45) is 2.17. The molecule has 1 aliphatic rings. The molecule has 1 saturated heterocycles. The molecule has 1 N–H and O–H groups in total. The Balaban J connectivity index is 0.00000162. The highest BCUT2D eigenvalue weighted by atomic mass is 35.5. The van der Waals surface area contributed by atoms with Crippen molar-refractivity contribution in [3.8, 4) is 0 Å². The number of aromatic nitrogens is 1. The number of rotatable bonds is 4.